The third-order valence-corrected chi connectivity index (χ3v) is 6.69. The molecule has 8 heteroatoms. The molecule has 3 aliphatic heterocycles. The van der Waals surface area contributed by atoms with Gasteiger partial charge in [-0.2, -0.15) is 0 Å². The summed E-state index contributed by atoms with van der Waals surface area (Å²) >= 11 is 0. The van der Waals surface area contributed by atoms with Gasteiger partial charge in [0, 0.05) is 25.2 Å². The van der Waals surface area contributed by atoms with E-state index in [0.717, 1.165) is 42.2 Å². The largest absolute Gasteiger partial charge is 0.399 e. The topological polar surface area (TPSA) is 113 Å². The SMILES string of the molecule is Nc1ccc(C2CCN(c3cccc4c3C(=O)N(C3CCC(=O)NC3=O)C4=O)CC2)cc1. The molecule has 2 fully saturated rings. The van der Waals surface area contributed by atoms with E-state index in [-0.39, 0.29) is 18.7 Å². The first-order chi connectivity index (χ1) is 15.4. The van der Waals surface area contributed by atoms with E-state index in [2.05, 4.69) is 22.3 Å². The third kappa shape index (κ3) is 3.32. The molecule has 3 aliphatic rings. The van der Waals surface area contributed by atoms with E-state index in [9.17, 15) is 19.2 Å². The van der Waals surface area contributed by atoms with Crippen LogP contribution in [0.1, 0.15) is 57.9 Å². The number of hydrogen-bond acceptors (Lipinski definition) is 6. The van der Waals surface area contributed by atoms with Gasteiger partial charge >= 0.3 is 0 Å². The van der Waals surface area contributed by atoms with E-state index in [4.69, 9.17) is 5.73 Å². The second-order valence-electron chi connectivity index (χ2n) is 8.57. The van der Waals surface area contributed by atoms with Gasteiger partial charge in [0.25, 0.3) is 11.8 Å². The maximum Gasteiger partial charge on any atom is 0.264 e. The highest BCUT2D eigenvalue weighted by Gasteiger charge is 2.46. The van der Waals surface area contributed by atoms with Crippen LogP contribution in [-0.4, -0.2) is 47.7 Å². The van der Waals surface area contributed by atoms with Crippen molar-refractivity contribution < 1.29 is 19.2 Å². The Kier molecular flexibility index (Phi) is 4.92. The maximum absolute atomic E-state index is 13.3. The smallest absolute Gasteiger partial charge is 0.264 e. The molecule has 4 amide bonds. The van der Waals surface area contributed by atoms with E-state index < -0.39 is 23.8 Å². The molecule has 5 rings (SSSR count). The molecule has 8 nitrogen and oxygen atoms in total. The highest BCUT2D eigenvalue weighted by Crippen LogP contribution is 2.37. The number of carbonyl (C=O) groups is 4. The van der Waals surface area contributed by atoms with Gasteiger partial charge in [0.2, 0.25) is 11.8 Å². The normalized spacial score (nSPS) is 21.7. The fourth-order valence-corrected chi connectivity index (χ4v) is 4.98. The molecule has 0 spiro atoms. The summed E-state index contributed by atoms with van der Waals surface area (Å²) in [5.74, 6) is -1.50. The summed E-state index contributed by atoms with van der Waals surface area (Å²) in [5.41, 5.74) is 9.20. The van der Waals surface area contributed by atoms with Crippen LogP contribution in [0, 0.1) is 0 Å². The van der Waals surface area contributed by atoms with Gasteiger partial charge in [-0.15, -0.1) is 0 Å². The highest BCUT2D eigenvalue weighted by atomic mass is 16.2. The summed E-state index contributed by atoms with van der Waals surface area (Å²) in [6.07, 6.45) is 2.10. The number of hydrogen-bond donors (Lipinski definition) is 2. The number of anilines is 2. The monoisotopic (exact) mass is 432 g/mol. The molecule has 32 heavy (non-hydrogen) atoms. The Morgan fingerprint density at radius 1 is 0.875 bits per heavy atom. The molecular weight excluding hydrogens is 408 g/mol. The minimum atomic E-state index is -0.954. The highest BCUT2D eigenvalue weighted by molar-refractivity contribution is 6.25. The summed E-state index contributed by atoms with van der Waals surface area (Å²) in [4.78, 5) is 53.3. The van der Waals surface area contributed by atoms with Gasteiger partial charge in [0.1, 0.15) is 6.04 Å². The summed E-state index contributed by atoms with van der Waals surface area (Å²) in [7, 11) is 0. The van der Waals surface area contributed by atoms with Crippen LogP contribution in [0.25, 0.3) is 0 Å². The van der Waals surface area contributed by atoms with Crippen LogP contribution in [0.3, 0.4) is 0 Å². The van der Waals surface area contributed by atoms with Crippen LogP contribution in [0.5, 0.6) is 0 Å². The lowest BCUT2D eigenvalue weighted by Gasteiger charge is -2.34. The summed E-state index contributed by atoms with van der Waals surface area (Å²) < 4.78 is 0. The molecule has 0 aromatic heterocycles. The van der Waals surface area contributed by atoms with Gasteiger partial charge in [-0.3, -0.25) is 29.4 Å². The molecule has 0 bridgehead atoms. The van der Waals surface area contributed by atoms with Crippen LogP contribution in [0.2, 0.25) is 0 Å². The number of fused-ring (bicyclic) bond motifs is 1. The fourth-order valence-electron chi connectivity index (χ4n) is 4.98. The molecule has 1 unspecified atom stereocenters. The second-order valence-corrected chi connectivity index (χ2v) is 8.57. The molecule has 1 atom stereocenters. The van der Waals surface area contributed by atoms with Gasteiger partial charge in [-0.25, -0.2) is 0 Å². The van der Waals surface area contributed by atoms with Gasteiger partial charge in [-0.1, -0.05) is 18.2 Å². The Morgan fingerprint density at radius 2 is 1.59 bits per heavy atom. The first kappa shape index (κ1) is 20.2. The molecule has 2 aromatic rings. The van der Waals surface area contributed by atoms with Crippen molar-refractivity contribution in [1.82, 2.24) is 10.2 Å². The predicted molar refractivity (Wildman–Crippen MR) is 118 cm³/mol. The molecule has 2 aromatic carbocycles. The lowest BCUT2D eigenvalue weighted by atomic mass is 9.89. The van der Waals surface area contributed by atoms with Crippen LogP contribution in [-0.2, 0) is 9.59 Å². The number of rotatable bonds is 3. The van der Waals surface area contributed by atoms with E-state index in [1.807, 2.05) is 18.2 Å². The minimum Gasteiger partial charge on any atom is -0.399 e. The van der Waals surface area contributed by atoms with Crippen LogP contribution in [0.4, 0.5) is 11.4 Å². The van der Waals surface area contributed by atoms with Gasteiger partial charge in [0.15, 0.2) is 0 Å². The number of nitrogens with one attached hydrogen (secondary N) is 1. The summed E-state index contributed by atoms with van der Waals surface area (Å²) in [5, 5.41) is 2.23. The lowest BCUT2D eigenvalue weighted by molar-refractivity contribution is -0.136. The van der Waals surface area contributed by atoms with Crippen molar-refractivity contribution in [3.8, 4) is 0 Å². The number of amides is 4. The van der Waals surface area contributed by atoms with Crippen LogP contribution >= 0.6 is 0 Å². The summed E-state index contributed by atoms with van der Waals surface area (Å²) in [6.45, 7) is 1.51. The number of imide groups is 2. The van der Waals surface area contributed by atoms with Crippen LogP contribution in [0.15, 0.2) is 42.5 Å². The number of nitrogens with zero attached hydrogens (tertiary/aromatic N) is 2. The van der Waals surface area contributed by atoms with Crippen molar-refractivity contribution in [3.05, 3.63) is 59.2 Å². The second kappa shape index (κ2) is 7.78. The van der Waals surface area contributed by atoms with Gasteiger partial charge in [-0.05, 0) is 55.0 Å². The van der Waals surface area contributed by atoms with Crippen molar-refractivity contribution in [1.29, 1.82) is 0 Å². The first-order valence-corrected chi connectivity index (χ1v) is 10.9. The fraction of sp³-hybridized carbons (Fsp3) is 0.333. The zero-order chi connectivity index (χ0) is 22.4. The molecule has 3 N–H and O–H groups in total. The van der Waals surface area contributed by atoms with Crippen molar-refractivity contribution in [2.45, 2.75) is 37.6 Å². The van der Waals surface area contributed by atoms with E-state index in [0.29, 0.717) is 17.0 Å². The Morgan fingerprint density at radius 3 is 2.28 bits per heavy atom. The number of nitrogen functional groups attached to an aromatic ring is 1. The predicted octanol–water partition coefficient (Wildman–Crippen LogP) is 2.05. The Bertz CT molecular complexity index is 1120. The zero-order valence-electron chi connectivity index (χ0n) is 17.5. The molecule has 164 valence electrons. The van der Waals surface area contributed by atoms with E-state index >= 15 is 0 Å². The molecular formula is C24H24N4O4. The average Bonchev–Trinajstić information content (AvgIpc) is 3.05. The van der Waals surface area contributed by atoms with E-state index in [1.54, 1.807) is 12.1 Å². The number of nitrogens with two attached hydrogens (primary N) is 1. The van der Waals surface area contributed by atoms with Crippen molar-refractivity contribution in [2.75, 3.05) is 23.7 Å². The Hall–Kier alpha value is -3.68. The molecule has 0 aliphatic carbocycles. The number of piperidine rings is 2. The Labute approximate surface area is 185 Å². The molecule has 3 heterocycles. The molecule has 2 saturated heterocycles. The third-order valence-electron chi connectivity index (χ3n) is 6.69. The van der Waals surface area contributed by atoms with Crippen LogP contribution < -0.4 is 16.0 Å². The van der Waals surface area contributed by atoms with Crippen molar-refractivity contribution in [2.24, 2.45) is 0 Å². The van der Waals surface area contributed by atoms with Crippen molar-refractivity contribution in [3.63, 3.8) is 0 Å². The first-order valence-electron chi connectivity index (χ1n) is 10.9. The summed E-state index contributed by atoms with van der Waals surface area (Å²) in [6, 6.07) is 12.3. The number of carbonyl (C=O) groups excluding carboxylic acids is 4. The molecule has 0 saturated carbocycles. The Balaban J connectivity index is 1.37. The van der Waals surface area contributed by atoms with Crippen molar-refractivity contribution >= 4 is 35.0 Å². The minimum absolute atomic E-state index is 0.106. The number of benzene rings is 2. The van der Waals surface area contributed by atoms with E-state index in [1.165, 1.54) is 5.56 Å². The molecule has 0 radical (unpaired) electrons. The lowest BCUT2D eigenvalue weighted by Crippen LogP contribution is -2.54. The quantitative estimate of drug-likeness (QED) is 0.567. The maximum atomic E-state index is 13.3. The average molecular weight is 432 g/mol. The van der Waals surface area contributed by atoms with Gasteiger partial charge < -0.3 is 10.6 Å². The standard InChI is InChI=1S/C24H24N4O4/c25-16-6-4-14(5-7-16)15-10-12-27(13-11-15)18-3-1-2-17-21(18)24(32)28(23(17)31)19-8-9-20(29)26-22(19)30/h1-7,15,19H,8-13,25H2,(H,26,29,30). The van der Waals surface area contributed by atoms with Gasteiger partial charge in [0.05, 0.1) is 16.8 Å². The zero-order valence-corrected chi connectivity index (χ0v) is 17.5.